The number of anilines is 2. The first-order valence-corrected chi connectivity index (χ1v) is 5.72. The molecule has 1 heterocycles. The standard InChI is InChI=1S/C10H15Cl2N3O/c1-3-16-5-4-15(2)10-8(12)6-7(11)9(13)14-10/h6H,3-5H2,1-2H3,(H2,13,14). The third-order valence-electron chi connectivity index (χ3n) is 2.07. The van der Waals surface area contributed by atoms with Crippen LogP contribution in [0.5, 0.6) is 0 Å². The van der Waals surface area contributed by atoms with Crippen molar-refractivity contribution in [3.8, 4) is 0 Å². The molecule has 0 fully saturated rings. The number of pyridine rings is 1. The number of hydrogen-bond acceptors (Lipinski definition) is 4. The largest absolute Gasteiger partial charge is 0.382 e. The van der Waals surface area contributed by atoms with Crippen molar-refractivity contribution >= 4 is 34.8 Å². The number of nitrogen functional groups attached to an aromatic ring is 1. The van der Waals surface area contributed by atoms with Crippen LogP contribution in [-0.4, -0.2) is 31.8 Å². The fourth-order valence-corrected chi connectivity index (χ4v) is 1.69. The Morgan fingerprint density at radius 2 is 2.12 bits per heavy atom. The summed E-state index contributed by atoms with van der Waals surface area (Å²) in [6.07, 6.45) is 0. The Hall–Kier alpha value is -0.710. The fraction of sp³-hybridized carbons (Fsp3) is 0.500. The second kappa shape index (κ2) is 6.13. The molecule has 1 aromatic heterocycles. The zero-order valence-corrected chi connectivity index (χ0v) is 10.8. The van der Waals surface area contributed by atoms with Gasteiger partial charge < -0.3 is 15.4 Å². The number of nitrogens with zero attached hydrogens (tertiary/aromatic N) is 2. The average Bonchev–Trinajstić information content (AvgIpc) is 2.23. The molecule has 1 aromatic rings. The molecule has 90 valence electrons. The molecule has 0 aliphatic carbocycles. The van der Waals surface area contributed by atoms with E-state index in [1.54, 1.807) is 6.07 Å². The third-order valence-corrected chi connectivity index (χ3v) is 2.66. The van der Waals surface area contributed by atoms with Crippen molar-refractivity contribution in [1.82, 2.24) is 4.98 Å². The molecule has 1 rings (SSSR count). The van der Waals surface area contributed by atoms with E-state index in [1.165, 1.54) is 0 Å². The van der Waals surface area contributed by atoms with Crippen molar-refractivity contribution in [3.63, 3.8) is 0 Å². The summed E-state index contributed by atoms with van der Waals surface area (Å²) in [5, 5.41) is 0.852. The topological polar surface area (TPSA) is 51.4 Å². The van der Waals surface area contributed by atoms with Crippen molar-refractivity contribution in [2.45, 2.75) is 6.92 Å². The fourth-order valence-electron chi connectivity index (χ4n) is 1.19. The Kier molecular flexibility index (Phi) is 5.12. The molecular formula is C10H15Cl2N3O. The van der Waals surface area contributed by atoms with E-state index in [2.05, 4.69) is 4.98 Å². The van der Waals surface area contributed by atoms with Crippen LogP contribution in [0.4, 0.5) is 11.6 Å². The number of hydrogen-bond donors (Lipinski definition) is 1. The predicted molar refractivity (Wildman–Crippen MR) is 68.4 cm³/mol. The van der Waals surface area contributed by atoms with E-state index >= 15 is 0 Å². The predicted octanol–water partition coefficient (Wildman–Crippen LogP) is 2.44. The first kappa shape index (κ1) is 13.4. The highest BCUT2D eigenvalue weighted by Crippen LogP contribution is 2.29. The highest BCUT2D eigenvalue weighted by Gasteiger charge is 2.10. The average molecular weight is 264 g/mol. The van der Waals surface area contributed by atoms with Gasteiger partial charge in [0.2, 0.25) is 0 Å². The van der Waals surface area contributed by atoms with Gasteiger partial charge in [-0.15, -0.1) is 0 Å². The van der Waals surface area contributed by atoms with E-state index in [0.717, 1.165) is 0 Å². The van der Waals surface area contributed by atoms with Crippen LogP contribution in [0.3, 0.4) is 0 Å². The second-order valence-electron chi connectivity index (χ2n) is 3.28. The summed E-state index contributed by atoms with van der Waals surface area (Å²) in [5.74, 6) is 0.896. The number of likely N-dealkylation sites (N-methyl/N-ethyl adjacent to an activating group) is 1. The number of rotatable bonds is 5. The zero-order valence-electron chi connectivity index (χ0n) is 9.33. The maximum atomic E-state index is 6.02. The van der Waals surface area contributed by atoms with Crippen LogP contribution in [0.1, 0.15) is 6.92 Å². The smallest absolute Gasteiger partial charge is 0.149 e. The number of halogens is 2. The Morgan fingerprint density at radius 3 is 2.75 bits per heavy atom. The summed E-state index contributed by atoms with van der Waals surface area (Å²) in [6.45, 7) is 3.96. The number of nitrogens with two attached hydrogens (primary N) is 1. The van der Waals surface area contributed by atoms with Crippen LogP contribution in [0.2, 0.25) is 10.0 Å². The summed E-state index contributed by atoms with van der Waals surface area (Å²) < 4.78 is 5.25. The molecule has 0 aromatic carbocycles. The maximum absolute atomic E-state index is 6.02. The van der Waals surface area contributed by atoms with Gasteiger partial charge in [-0.1, -0.05) is 23.2 Å². The van der Waals surface area contributed by atoms with Gasteiger partial charge in [0, 0.05) is 20.2 Å². The monoisotopic (exact) mass is 263 g/mol. The normalized spacial score (nSPS) is 10.5. The van der Waals surface area contributed by atoms with Crippen LogP contribution < -0.4 is 10.6 Å². The van der Waals surface area contributed by atoms with Crippen LogP contribution in [0.25, 0.3) is 0 Å². The zero-order chi connectivity index (χ0) is 12.1. The summed E-state index contributed by atoms with van der Waals surface area (Å²) in [6, 6.07) is 1.60. The molecule has 0 aliphatic heterocycles. The minimum absolute atomic E-state index is 0.282. The van der Waals surface area contributed by atoms with Gasteiger partial charge in [-0.25, -0.2) is 4.98 Å². The molecule has 0 bridgehead atoms. The van der Waals surface area contributed by atoms with Gasteiger partial charge in [0.1, 0.15) is 11.6 Å². The van der Waals surface area contributed by atoms with E-state index in [9.17, 15) is 0 Å². The van der Waals surface area contributed by atoms with Crippen molar-refractivity contribution in [1.29, 1.82) is 0 Å². The molecule has 0 unspecified atom stereocenters. The minimum Gasteiger partial charge on any atom is -0.382 e. The molecule has 4 nitrogen and oxygen atoms in total. The van der Waals surface area contributed by atoms with Gasteiger partial charge in [0.15, 0.2) is 0 Å². The molecule has 0 radical (unpaired) electrons. The van der Waals surface area contributed by atoms with Crippen LogP contribution in [0, 0.1) is 0 Å². The van der Waals surface area contributed by atoms with Crippen LogP contribution in [0.15, 0.2) is 6.07 Å². The molecule has 0 atom stereocenters. The first-order chi connectivity index (χ1) is 7.56. The molecule has 16 heavy (non-hydrogen) atoms. The van der Waals surface area contributed by atoms with Gasteiger partial charge >= 0.3 is 0 Å². The van der Waals surface area contributed by atoms with E-state index in [4.69, 9.17) is 33.7 Å². The minimum atomic E-state index is 0.282. The lowest BCUT2D eigenvalue weighted by molar-refractivity contribution is 0.154. The van der Waals surface area contributed by atoms with Gasteiger partial charge in [-0.3, -0.25) is 0 Å². The molecule has 2 N–H and O–H groups in total. The van der Waals surface area contributed by atoms with Crippen molar-refractivity contribution in [3.05, 3.63) is 16.1 Å². The molecule has 6 heteroatoms. The molecule has 0 aliphatic rings. The van der Waals surface area contributed by atoms with E-state index in [-0.39, 0.29) is 5.82 Å². The highest BCUT2D eigenvalue weighted by molar-refractivity contribution is 6.37. The Bertz CT molecular complexity index is 360. The summed E-state index contributed by atoms with van der Waals surface area (Å²) in [4.78, 5) is 6.01. The van der Waals surface area contributed by atoms with Crippen molar-refractivity contribution < 1.29 is 4.74 Å². The lowest BCUT2D eigenvalue weighted by Gasteiger charge is -2.19. The molecular weight excluding hydrogens is 249 g/mol. The van der Waals surface area contributed by atoms with Crippen LogP contribution in [-0.2, 0) is 4.74 Å². The lowest BCUT2D eigenvalue weighted by atomic mass is 10.4. The van der Waals surface area contributed by atoms with E-state index < -0.39 is 0 Å². The molecule has 0 spiro atoms. The highest BCUT2D eigenvalue weighted by atomic mass is 35.5. The lowest BCUT2D eigenvalue weighted by Crippen LogP contribution is -2.24. The second-order valence-corrected chi connectivity index (χ2v) is 4.09. The summed E-state index contributed by atoms with van der Waals surface area (Å²) >= 11 is 11.8. The van der Waals surface area contributed by atoms with E-state index in [0.29, 0.717) is 35.6 Å². The van der Waals surface area contributed by atoms with Crippen molar-refractivity contribution in [2.75, 3.05) is 37.4 Å². The Balaban J connectivity index is 2.75. The first-order valence-electron chi connectivity index (χ1n) is 4.96. The van der Waals surface area contributed by atoms with Crippen LogP contribution >= 0.6 is 23.2 Å². The SMILES string of the molecule is CCOCCN(C)c1nc(N)c(Cl)cc1Cl. The Morgan fingerprint density at radius 1 is 1.44 bits per heavy atom. The molecule has 0 saturated heterocycles. The number of aromatic nitrogens is 1. The van der Waals surface area contributed by atoms with Crippen molar-refractivity contribution in [2.24, 2.45) is 0 Å². The number of ether oxygens (including phenoxy) is 1. The molecule has 0 saturated carbocycles. The quantitative estimate of drug-likeness (QED) is 0.830. The van der Waals surface area contributed by atoms with E-state index in [1.807, 2.05) is 18.9 Å². The third kappa shape index (κ3) is 3.40. The molecule has 0 amide bonds. The maximum Gasteiger partial charge on any atom is 0.149 e. The van der Waals surface area contributed by atoms with Gasteiger partial charge in [0.25, 0.3) is 0 Å². The van der Waals surface area contributed by atoms with Gasteiger partial charge in [-0.05, 0) is 13.0 Å². The van der Waals surface area contributed by atoms with Gasteiger partial charge in [-0.2, -0.15) is 0 Å². The van der Waals surface area contributed by atoms with Gasteiger partial charge in [0.05, 0.1) is 16.7 Å². The summed E-state index contributed by atoms with van der Waals surface area (Å²) in [7, 11) is 1.88. The summed E-state index contributed by atoms with van der Waals surface area (Å²) in [5.41, 5.74) is 5.62. The Labute approximate surface area is 105 Å².